The molecule has 3 atom stereocenters. The lowest BCUT2D eigenvalue weighted by Crippen LogP contribution is -2.21. The van der Waals surface area contributed by atoms with Gasteiger partial charge in [0.1, 0.15) is 5.82 Å². The number of aromatic nitrogens is 5. The van der Waals surface area contributed by atoms with E-state index < -0.39 is 0 Å². The predicted octanol–water partition coefficient (Wildman–Crippen LogP) is 2.98. The summed E-state index contributed by atoms with van der Waals surface area (Å²) in [6.45, 7) is 2.24. The number of nitrogens with one attached hydrogen (secondary N) is 1. The van der Waals surface area contributed by atoms with Crippen LogP contribution in [-0.4, -0.2) is 30.8 Å². The molecule has 0 bridgehead atoms. The van der Waals surface area contributed by atoms with Crippen LogP contribution in [0.2, 0.25) is 0 Å². The van der Waals surface area contributed by atoms with Gasteiger partial charge < -0.3 is 5.32 Å². The number of hydrogen-bond donors (Lipinski definition) is 1. The van der Waals surface area contributed by atoms with Gasteiger partial charge in [0, 0.05) is 34.7 Å². The van der Waals surface area contributed by atoms with Crippen LogP contribution in [0.15, 0.2) is 28.9 Å². The highest BCUT2D eigenvalue weighted by molar-refractivity contribution is 9.10. The number of fused-ring (bicyclic) bond motifs is 2. The summed E-state index contributed by atoms with van der Waals surface area (Å²) in [6.07, 6.45) is 4.94. The minimum atomic E-state index is 0.325. The summed E-state index contributed by atoms with van der Waals surface area (Å²) in [4.78, 5) is 4.51. The molecule has 0 saturated heterocycles. The lowest BCUT2D eigenvalue weighted by atomic mass is 10.2. The summed E-state index contributed by atoms with van der Waals surface area (Å²) >= 11 is 3.49. The SMILES string of the molecule is CC1CC1c1nnc2ccc(NC3Cc4cc(Br)cnc4C3)nn12. The molecule has 3 aromatic rings. The first-order valence-corrected chi connectivity index (χ1v) is 9.09. The number of pyridine rings is 1. The van der Waals surface area contributed by atoms with Gasteiger partial charge in [-0.3, -0.25) is 4.98 Å². The molecule has 3 unspecified atom stereocenters. The number of hydrogen-bond acceptors (Lipinski definition) is 5. The second-order valence-electron chi connectivity index (χ2n) is 6.88. The van der Waals surface area contributed by atoms with Crippen molar-refractivity contribution in [2.24, 2.45) is 5.92 Å². The van der Waals surface area contributed by atoms with Gasteiger partial charge in [0.25, 0.3) is 0 Å². The molecule has 1 saturated carbocycles. The molecule has 0 aromatic carbocycles. The fraction of sp³-hybridized carbons (Fsp3) is 0.412. The maximum Gasteiger partial charge on any atom is 0.178 e. The van der Waals surface area contributed by atoms with Crippen LogP contribution < -0.4 is 5.32 Å². The van der Waals surface area contributed by atoms with Crippen LogP contribution in [-0.2, 0) is 12.8 Å². The monoisotopic (exact) mass is 384 g/mol. The van der Waals surface area contributed by atoms with Gasteiger partial charge in [0.2, 0.25) is 0 Å². The lowest BCUT2D eigenvalue weighted by molar-refractivity contribution is 0.740. The molecule has 2 aliphatic rings. The summed E-state index contributed by atoms with van der Waals surface area (Å²) in [5.74, 6) is 3.04. The first-order valence-electron chi connectivity index (χ1n) is 8.29. The van der Waals surface area contributed by atoms with Crippen LogP contribution in [0, 0.1) is 5.92 Å². The fourth-order valence-electron chi connectivity index (χ4n) is 3.55. The molecule has 3 heterocycles. The third-order valence-corrected chi connectivity index (χ3v) is 5.45. The molecule has 2 aliphatic carbocycles. The predicted molar refractivity (Wildman–Crippen MR) is 94.1 cm³/mol. The Morgan fingerprint density at radius 1 is 1.25 bits per heavy atom. The summed E-state index contributed by atoms with van der Waals surface area (Å²) in [6, 6.07) is 6.45. The van der Waals surface area contributed by atoms with Crippen molar-refractivity contribution in [1.82, 2.24) is 24.8 Å². The Bertz CT molecular complexity index is 936. The van der Waals surface area contributed by atoms with Crippen molar-refractivity contribution in [2.75, 3.05) is 5.32 Å². The Morgan fingerprint density at radius 3 is 2.96 bits per heavy atom. The van der Waals surface area contributed by atoms with E-state index in [1.54, 1.807) is 0 Å². The van der Waals surface area contributed by atoms with Crippen molar-refractivity contribution < 1.29 is 0 Å². The second-order valence-corrected chi connectivity index (χ2v) is 7.79. The molecule has 5 rings (SSSR count). The molecule has 1 fully saturated rings. The maximum absolute atomic E-state index is 4.73. The quantitative estimate of drug-likeness (QED) is 0.751. The Balaban J connectivity index is 1.40. The van der Waals surface area contributed by atoms with Gasteiger partial charge >= 0.3 is 0 Å². The van der Waals surface area contributed by atoms with Crippen LogP contribution >= 0.6 is 15.9 Å². The Kier molecular flexibility index (Phi) is 3.13. The number of nitrogens with zero attached hydrogens (tertiary/aromatic N) is 5. The highest BCUT2D eigenvalue weighted by atomic mass is 79.9. The van der Waals surface area contributed by atoms with Crippen LogP contribution in [0.4, 0.5) is 5.82 Å². The van der Waals surface area contributed by atoms with Gasteiger partial charge in [-0.1, -0.05) is 6.92 Å². The third-order valence-electron chi connectivity index (χ3n) is 5.01. The van der Waals surface area contributed by atoms with Gasteiger partial charge in [0.15, 0.2) is 11.5 Å². The molecule has 0 radical (unpaired) electrons. The van der Waals surface area contributed by atoms with E-state index in [1.165, 1.54) is 17.7 Å². The van der Waals surface area contributed by atoms with Gasteiger partial charge in [-0.25, -0.2) is 0 Å². The highest BCUT2D eigenvalue weighted by Gasteiger charge is 2.38. The molecule has 6 nitrogen and oxygen atoms in total. The second kappa shape index (κ2) is 5.24. The minimum Gasteiger partial charge on any atom is -0.365 e. The smallest absolute Gasteiger partial charge is 0.178 e. The number of rotatable bonds is 3. The van der Waals surface area contributed by atoms with Crippen LogP contribution in [0.1, 0.15) is 36.3 Å². The van der Waals surface area contributed by atoms with Gasteiger partial charge in [-0.2, -0.15) is 4.52 Å². The van der Waals surface area contributed by atoms with Crippen molar-refractivity contribution in [3.8, 4) is 0 Å². The molecule has 0 aliphatic heterocycles. The Hall–Kier alpha value is -2.02. The summed E-state index contributed by atoms with van der Waals surface area (Å²) in [7, 11) is 0. The normalized spacial score (nSPS) is 25.0. The third kappa shape index (κ3) is 2.38. The highest BCUT2D eigenvalue weighted by Crippen LogP contribution is 2.45. The van der Waals surface area contributed by atoms with Crippen molar-refractivity contribution >= 4 is 27.4 Å². The zero-order chi connectivity index (χ0) is 16.3. The van der Waals surface area contributed by atoms with E-state index in [0.717, 1.165) is 34.6 Å². The zero-order valence-electron chi connectivity index (χ0n) is 13.3. The summed E-state index contributed by atoms with van der Waals surface area (Å²) in [5.41, 5.74) is 3.29. The average molecular weight is 385 g/mol. The topological polar surface area (TPSA) is 68.0 Å². The van der Waals surface area contributed by atoms with E-state index >= 15 is 0 Å². The molecule has 1 N–H and O–H groups in total. The van der Waals surface area contributed by atoms with E-state index in [1.807, 2.05) is 22.8 Å². The average Bonchev–Trinajstić information content (AvgIpc) is 2.97. The van der Waals surface area contributed by atoms with Crippen LogP contribution in [0.25, 0.3) is 5.65 Å². The maximum atomic E-state index is 4.73. The standard InChI is InChI=1S/C17H17BrN6/c1-9-4-13(9)17-22-21-16-3-2-15(23-24(16)17)20-12-6-10-5-11(18)8-19-14(10)7-12/h2-3,5,8-9,12-13H,4,6-7H2,1H3,(H,20,23). The van der Waals surface area contributed by atoms with E-state index in [-0.39, 0.29) is 0 Å². The molecule has 0 spiro atoms. The van der Waals surface area contributed by atoms with Crippen LogP contribution in [0.5, 0.6) is 0 Å². The minimum absolute atomic E-state index is 0.325. The number of halogens is 1. The zero-order valence-corrected chi connectivity index (χ0v) is 14.9. The van der Waals surface area contributed by atoms with Crippen molar-refractivity contribution in [1.29, 1.82) is 0 Å². The summed E-state index contributed by atoms with van der Waals surface area (Å²) in [5, 5.41) is 16.8. The van der Waals surface area contributed by atoms with Gasteiger partial charge in [-0.05, 0) is 58.5 Å². The van der Waals surface area contributed by atoms with E-state index in [4.69, 9.17) is 5.10 Å². The molecule has 3 aromatic heterocycles. The molecule has 7 heteroatoms. The first-order chi connectivity index (χ1) is 11.7. The Morgan fingerprint density at radius 2 is 2.12 bits per heavy atom. The lowest BCUT2D eigenvalue weighted by Gasteiger charge is -2.12. The number of anilines is 1. The molecular formula is C17H17BrN6. The van der Waals surface area contributed by atoms with Crippen LogP contribution in [0.3, 0.4) is 0 Å². The molecule has 122 valence electrons. The van der Waals surface area contributed by atoms with Gasteiger partial charge in [-0.15, -0.1) is 15.3 Å². The molecular weight excluding hydrogens is 368 g/mol. The Labute approximate surface area is 147 Å². The molecule has 24 heavy (non-hydrogen) atoms. The van der Waals surface area contributed by atoms with Crippen molar-refractivity contribution in [3.05, 3.63) is 46.0 Å². The molecule has 0 amide bonds. The largest absolute Gasteiger partial charge is 0.365 e. The first kappa shape index (κ1) is 14.3. The van der Waals surface area contributed by atoms with E-state index in [0.29, 0.717) is 17.9 Å². The van der Waals surface area contributed by atoms with E-state index in [2.05, 4.69) is 49.4 Å². The van der Waals surface area contributed by atoms with Crippen molar-refractivity contribution in [2.45, 2.75) is 38.1 Å². The summed E-state index contributed by atoms with van der Waals surface area (Å²) < 4.78 is 2.93. The van der Waals surface area contributed by atoms with E-state index in [9.17, 15) is 0 Å². The van der Waals surface area contributed by atoms with Crippen molar-refractivity contribution in [3.63, 3.8) is 0 Å². The fourth-order valence-corrected chi connectivity index (χ4v) is 3.93. The van der Waals surface area contributed by atoms with Gasteiger partial charge in [0.05, 0.1) is 0 Å².